The zero-order valence-electron chi connectivity index (χ0n) is 11.8. The van der Waals surface area contributed by atoms with Crippen LogP contribution in [0.25, 0.3) is 10.9 Å². The first-order chi connectivity index (χ1) is 10.1. The molecular weight excluding hydrogens is 308 g/mol. The lowest BCUT2D eigenvalue weighted by atomic mass is 10.2. The van der Waals surface area contributed by atoms with E-state index in [2.05, 4.69) is 15.6 Å². The Kier molecular flexibility index (Phi) is 4.99. The molecule has 1 fully saturated rings. The standard InChI is InChI=1S/C14H16N4O3.ClH/c19-12(16-9-5-6-15-7-9)8-18-13(20)10-3-1-2-4-11(10)17-14(18)21;/h1-4,9,15H,5-8H2,(H,16,19)(H,17,21);1H. The van der Waals surface area contributed by atoms with Gasteiger partial charge in [-0.3, -0.25) is 14.2 Å². The largest absolute Gasteiger partial charge is 0.350 e. The topological polar surface area (TPSA) is 96.0 Å². The van der Waals surface area contributed by atoms with Gasteiger partial charge in [0.2, 0.25) is 5.91 Å². The van der Waals surface area contributed by atoms with Gasteiger partial charge in [0.05, 0.1) is 10.9 Å². The number of benzene rings is 1. The number of carbonyl (C=O) groups is 1. The van der Waals surface area contributed by atoms with Gasteiger partial charge in [0.1, 0.15) is 6.54 Å². The van der Waals surface area contributed by atoms with Crippen LogP contribution in [0.3, 0.4) is 0 Å². The molecule has 0 radical (unpaired) electrons. The predicted octanol–water partition coefficient (Wildman–Crippen LogP) is -0.410. The van der Waals surface area contributed by atoms with E-state index in [-0.39, 0.29) is 30.9 Å². The summed E-state index contributed by atoms with van der Waals surface area (Å²) < 4.78 is 0.931. The first kappa shape index (κ1) is 16.3. The van der Waals surface area contributed by atoms with Gasteiger partial charge in [0.25, 0.3) is 5.56 Å². The molecule has 1 atom stereocenters. The van der Waals surface area contributed by atoms with Crippen LogP contribution in [0, 0.1) is 0 Å². The summed E-state index contributed by atoms with van der Waals surface area (Å²) >= 11 is 0. The van der Waals surface area contributed by atoms with E-state index in [0.717, 1.165) is 17.5 Å². The Hall–Kier alpha value is -2.12. The van der Waals surface area contributed by atoms with Gasteiger partial charge in [-0.15, -0.1) is 12.4 Å². The van der Waals surface area contributed by atoms with Crippen molar-refractivity contribution in [2.45, 2.75) is 19.0 Å². The number of para-hydroxylation sites is 1. The summed E-state index contributed by atoms with van der Waals surface area (Å²) in [4.78, 5) is 38.8. The van der Waals surface area contributed by atoms with Crippen LogP contribution in [0.4, 0.5) is 0 Å². The van der Waals surface area contributed by atoms with Crippen molar-refractivity contribution < 1.29 is 4.79 Å². The van der Waals surface area contributed by atoms with Crippen molar-refractivity contribution in [3.63, 3.8) is 0 Å². The Morgan fingerprint density at radius 1 is 1.32 bits per heavy atom. The maximum atomic E-state index is 12.3. The molecule has 1 amide bonds. The quantitative estimate of drug-likeness (QED) is 0.715. The molecule has 22 heavy (non-hydrogen) atoms. The third kappa shape index (κ3) is 3.20. The third-order valence-corrected chi connectivity index (χ3v) is 3.62. The molecule has 0 bridgehead atoms. The number of amides is 1. The zero-order valence-corrected chi connectivity index (χ0v) is 12.6. The minimum atomic E-state index is -0.571. The second-order valence-electron chi connectivity index (χ2n) is 5.12. The monoisotopic (exact) mass is 324 g/mol. The van der Waals surface area contributed by atoms with Crippen molar-refractivity contribution in [3.8, 4) is 0 Å². The SMILES string of the molecule is Cl.O=C(Cn1c(=O)[nH]c2ccccc2c1=O)NC1CCNC1. The summed E-state index contributed by atoms with van der Waals surface area (Å²) in [5.41, 5.74) is -0.545. The summed E-state index contributed by atoms with van der Waals surface area (Å²) in [6.07, 6.45) is 0.856. The number of aromatic nitrogens is 2. The molecule has 1 aliphatic heterocycles. The van der Waals surface area contributed by atoms with Gasteiger partial charge in [0, 0.05) is 12.6 Å². The molecule has 1 aromatic carbocycles. The summed E-state index contributed by atoms with van der Waals surface area (Å²) in [6, 6.07) is 6.81. The minimum Gasteiger partial charge on any atom is -0.350 e. The Labute approximate surface area is 132 Å². The lowest BCUT2D eigenvalue weighted by molar-refractivity contribution is -0.122. The van der Waals surface area contributed by atoms with Gasteiger partial charge in [-0.25, -0.2) is 4.79 Å². The van der Waals surface area contributed by atoms with Crippen molar-refractivity contribution in [2.75, 3.05) is 13.1 Å². The van der Waals surface area contributed by atoms with Gasteiger partial charge < -0.3 is 15.6 Å². The van der Waals surface area contributed by atoms with E-state index < -0.39 is 11.2 Å². The summed E-state index contributed by atoms with van der Waals surface area (Å²) in [6.45, 7) is 1.31. The van der Waals surface area contributed by atoms with Crippen molar-refractivity contribution in [3.05, 3.63) is 45.1 Å². The molecular formula is C14H17ClN4O3. The molecule has 0 spiro atoms. The van der Waals surface area contributed by atoms with Gasteiger partial charge in [-0.05, 0) is 25.1 Å². The number of hydrogen-bond acceptors (Lipinski definition) is 4. The maximum absolute atomic E-state index is 12.3. The van der Waals surface area contributed by atoms with E-state index in [0.29, 0.717) is 17.4 Å². The highest BCUT2D eigenvalue weighted by atomic mass is 35.5. The molecule has 7 nitrogen and oxygen atoms in total. The van der Waals surface area contributed by atoms with E-state index >= 15 is 0 Å². The van der Waals surface area contributed by atoms with Crippen molar-refractivity contribution in [1.29, 1.82) is 0 Å². The third-order valence-electron chi connectivity index (χ3n) is 3.62. The van der Waals surface area contributed by atoms with Gasteiger partial charge in [0.15, 0.2) is 0 Å². The fourth-order valence-corrected chi connectivity index (χ4v) is 2.54. The normalized spacial score (nSPS) is 17.2. The van der Waals surface area contributed by atoms with Gasteiger partial charge in [-0.1, -0.05) is 12.1 Å². The Bertz CT molecular complexity index is 793. The molecule has 1 aliphatic rings. The lowest BCUT2D eigenvalue weighted by Crippen LogP contribution is -2.44. The van der Waals surface area contributed by atoms with Gasteiger partial charge in [-0.2, -0.15) is 0 Å². The highest BCUT2D eigenvalue weighted by molar-refractivity contribution is 5.85. The number of fused-ring (bicyclic) bond motifs is 1. The summed E-state index contributed by atoms with van der Waals surface area (Å²) in [5, 5.41) is 6.35. The number of halogens is 1. The molecule has 2 aromatic rings. The molecule has 118 valence electrons. The van der Waals surface area contributed by atoms with Crippen molar-refractivity contribution in [1.82, 2.24) is 20.2 Å². The molecule has 0 saturated carbocycles. The fraction of sp³-hybridized carbons (Fsp3) is 0.357. The van der Waals surface area contributed by atoms with Crippen LogP contribution in [-0.2, 0) is 11.3 Å². The van der Waals surface area contributed by atoms with Crippen LogP contribution in [0.1, 0.15) is 6.42 Å². The highest BCUT2D eigenvalue weighted by Crippen LogP contribution is 2.03. The van der Waals surface area contributed by atoms with E-state index in [1.54, 1.807) is 24.3 Å². The van der Waals surface area contributed by atoms with Crippen molar-refractivity contribution in [2.24, 2.45) is 0 Å². The number of carbonyl (C=O) groups excluding carboxylic acids is 1. The molecule has 3 rings (SSSR count). The molecule has 2 heterocycles. The molecule has 8 heteroatoms. The van der Waals surface area contributed by atoms with Crippen LogP contribution in [0.2, 0.25) is 0 Å². The molecule has 1 aromatic heterocycles. The van der Waals surface area contributed by atoms with E-state index in [4.69, 9.17) is 0 Å². The van der Waals surface area contributed by atoms with E-state index in [1.807, 2.05) is 0 Å². The predicted molar refractivity (Wildman–Crippen MR) is 85.5 cm³/mol. The number of aromatic amines is 1. The van der Waals surface area contributed by atoms with Crippen molar-refractivity contribution >= 4 is 29.2 Å². The average molecular weight is 325 g/mol. The first-order valence-corrected chi connectivity index (χ1v) is 6.87. The summed E-state index contributed by atoms with van der Waals surface area (Å²) in [5.74, 6) is -0.327. The molecule has 1 saturated heterocycles. The van der Waals surface area contributed by atoms with Crippen LogP contribution >= 0.6 is 12.4 Å². The highest BCUT2D eigenvalue weighted by Gasteiger charge is 2.18. The lowest BCUT2D eigenvalue weighted by Gasteiger charge is -2.12. The molecule has 1 unspecified atom stereocenters. The summed E-state index contributed by atoms with van der Waals surface area (Å²) in [7, 11) is 0. The molecule has 0 aliphatic carbocycles. The fourth-order valence-electron chi connectivity index (χ4n) is 2.54. The molecule has 3 N–H and O–H groups in total. The zero-order chi connectivity index (χ0) is 14.8. The number of H-pyrrole nitrogens is 1. The number of nitrogens with one attached hydrogen (secondary N) is 3. The van der Waals surface area contributed by atoms with Crippen LogP contribution in [0.15, 0.2) is 33.9 Å². The minimum absolute atomic E-state index is 0. The van der Waals surface area contributed by atoms with Gasteiger partial charge >= 0.3 is 5.69 Å². The average Bonchev–Trinajstić information content (AvgIpc) is 2.96. The van der Waals surface area contributed by atoms with E-state index in [1.165, 1.54) is 0 Å². The van der Waals surface area contributed by atoms with E-state index in [9.17, 15) is 14.4 Å². The Morgan fingerprint density at radius 3 is 2.82 bits per heavy atom. The number of hydrogen-bond donors (Lipinski definition) is 3. The second-order valence-corrected chi connectivity index (χ2v) is 5.12. The van der Waals surface area contributed by atoms with Crippen LogP contribution in [-0.4, -0.2) is 34.6 Å². The van der Waals surface area contributed by atoms with Crippen LogP contribution in [0.5, 0.6) is 0 Å². The smallest absolute Gasteiger partial charge is 0.329 e. The Morgan fingerprint density at radius 2 is 2.09 bits per heavy atom. The number of nitrogens with zero attached hydrogens (tertiary/aromatic N) is 1. The second kappa shape index (κ2) is 6.76. The van der Waals surface area contributed by atoms with Crippen LogP contribution < -0.4 is 21.9 Å². The number of rotatable bonds is 3. The Balaban J connectivity index is 0.00000176. The maximum Gasteiger partial charge on any atom is 0.329 e. The first-order valence-electron chi connectivity index (χ1n) is 6.87.